The molecule has 3 aromatic rings. The number of nitrogens with one attached hydrogen (secondary N) is 1. The molecular formula is C18H14Cl2N2O. The van der Waals surface area contributed by atoms with Crippen LogP contribution in [0.15, 0.2) is 48.7 Å². The third-order valence-electron chi connectivity index (χ3n) is 3.34. The molecule has 0 aliphatic carbocycles. The highest BCUT2D eigenvalue weighted by Gasteiger charge is 2.06. The van der Waals surface area contributed by atoms with Crippen molar-refractivity contribution in [3.63, 3.8) is 0 Å². The van der Waals surface area contributed by atoms with Gasteiger partial charge in [0.05, 0.1) is 24.0 Å². The summed E-state index contributed by atoms with van der Waals surface area (Å²) in [6, 6.07) is 13.2. The smallest absolute Gasteiger partial charge is 0.130 e. The lowest BCUT2D eigenvalue weighted by Crippen LogP contribution is -1.82. The van der Waals surface area contributed by atoms with Crippen LogP contribution in [-0.4, -0.2) is 17.1 Å². The summed E-state index contributed by atoms with van der Waals surface area (Å²) >= 11 is 12.1. The molecule has 5 heteroatoms. The second-order valence-electron chi connectivity index (χ2n) is 4.92. The summed E-state index contributed by atoms with van der Waals surface area (Å²) in [4.78, 5) is 7.58. The van der Waals surface area contributed by atoms with Crippen molar-refractivity contribution in [2.24, 2.45) is 0 Å². The zero-order chi connectivity index (χ0) is 16.2. The van der Waals surface area contributed by atoms with Gasteiger partial charge < -0.3 is 9.72 Å². The van der Waals surface area contributed by atoms with E-state index >= 15 is 0 Å². The first kappa shape index (κ1) is 15.7. The molecule has 116 valence electrons. The van der Waals surface area contributed by atoms with Gasteiger partial charge in [0.25, 0.3) is 0 Å². The number of imidazole rings is 1. The molecule has 1 aromatic heterocycles. The Labute approximate surface area is 144 Å². The van der Waals surface area contributed by atoms with Gasteiger partial charge in [-0.1, -0.05) is 41.4 Å². The summed E-state index contributed by atoms with van der Waals surface area (Å²) in [7, 11) is 1.65. The van der Waals surface area contributed by atoms with Crippen LogP contribution in [0.4, 0.5) is 0 Å². The molecule has 1 heterocycles. The number of hydrogen-bond acceptors (Lipinski definition) is 2. The van der Waals surface area contributed by atoms with Gasteiger partial charge in [-0.2, -0.15) is 0 Å². The minimum Gasteiger partial charge on any atom is -0.497 e. The van der Waals surface area contributed by atoms with Gasteiger partial charge in [-0.15, -0.1) is 0 Å². The van der Waals surface area contributed by atoms with E-state index in [2.05, 4.69) is 9.97 Å². The summed E-state index contributed by atoms with van der Waals surface area (Å²) in [6.07, 6.45) is 5.62. The van der Waals surface area contributed by atoms with E-state index in [0.717, 1.165) is 28.4 Å². The number of nitrogens with zero attached hydrogens (tertiary/aromatic N) is 1. The maximum absolute atomic E-state index is 6.22. The zero-order valence-corrected chi connectivity index (χ0v) is 13.9. The summed E-state index contributed by atoms with van der Waals surface area (Å²) in [6.45, 7) is 0. The number of ether oxygens (including phenoxy) is 1. The average molecular weight is 345 g/mol. The highest BCUT2D eigenvalue weighted by atomic mass is 35.5. The van der Waals surface area contributed by atoms with E-state index in [-0.39, 0.29) is 0 Å². The van der Waals surface area contributed by atoms with Crippen LogP contribution in [0.5, 0.6) is 5.75 Å². The molecule has 0 spiro atoms. The number of hydrogen-bond donors (Lipinski definition) is 1. The minimum absolute atomic E-state index is 0.587. The minimum atomic E-state index is 0.587. The zero-order valence-electron chi connectivity index (χ0n) is 12.4. The largest absolute Gasteiger partial charge is 0.497 e. The maximum Gasteiger partial charge on any atom is 0.130 e. The lowest BCUT2D eigenvalue weighted by atomic mass is 10.2. The molecule has 3 rings (SSSR count). The number of rotatable bonds is 4. The van der Waals surface area contributed by atoms with Gasteiger partial charge in [0.2, 0.25) is 0 Å². The van der Waals surface area contributed by atoms with Crippen LogP contribution in [-0.2, 0) is 0 Å². The Morgan fingerprint density at radius 3 is 2.74 bits per heavy atom. The third kappa shape index (κ3) is 3.76. The number of aromatic amines is 1. The fraction of sp³-hybridized carbons (Fsp3) is 0.0556. The Balaban J connectivity index is 1.83. The van der Waals surface area contributed by atoms with E-state index in [1.807, 2.05) is 42.5 Å². The SMILES string of the molecule is COc1cccc(C=Cc2ncc(-c3ccc(Cl)cc3Cl)[nH]2)c1. The first-order chi connectivity index (χ1) is 11.2. The number of halogens is 2. The lowest BCUT2D eigenvalue weighted by molar-refractivity contribution is 0.414. The van der Waals surface area contributed by atoms with E-state index in [0.29, 0.717) is 10.0 Å². The molecule has 0 atom stereocenters. The predicted octanol–water partition coefficient (Wildman–Crippen LogP) is 5.56. The summed E-state index contributed by atoms with van der Waals surface area (Å²) < 4.78 is 5.21. The Kier molecular flexibility index (Phi) is 4.70. The van der Waals surface area contributed by atoms with Crippen molar-refractivity contribution in [2.45, 2.75) is 0 Å². The van der Waals surface area contributed by atoms with Crippen molar-refractivity contribution in [1.82, 2.24) is 9.97 Å². The van der Waals surface area contributed by atoms with Gasteiger partial charge in [-0.3, -0.25) is 0 Å². The van der Waals surface area contributed by atoms with Crippen molar-refractivity contribution in [3.8, 4) is 17.0 Å². The normalized spacial score (nSPS) is 11.1. The molecule has 0 unspecified atom stereocenters. The number of benzene rings is 2. The van der Waals surface area contributed by atoms with Gasteiger partial charge in [0.15, 0.2) is 0 Å². The van der Waals surface area contributed by atoms with Crippen LogP contribution >= 0.6 is 23.2 Å². The molecule has 0 radical (unpaired) electrons. The van der Waals surface area contributed by atoms with Crippen molar-refractivity contribution in [2.75, 3.05) is 7.11 Å². The fourth-order valence-electron chi connectivity index (χ4n) is 2.19. The van der Waals surface area contributed by atoms with Crippen LogP contribution in [0.2, 0.25) is 10.0 Å². The highest BCUT2D eigenvalue weighted by Crippen LogP contribution is 2.29. The predicted molar refractivity (Wildman–Crippen MR) is 96.0 cm³/mol. The molecule has 0 fully saturated rings. The maximum atomic E-state index is 6.22. The molecular weight excluding hydrogens is 331 g/mol. The van der Waals surface area contributed by atoms with Crippen LogP contribution in [0, 0.1) is 0 Å². The monoisotopic (exact) mass is 344 g/mol. The Morgan fingerprint density at radius 2 is 1.96 bits per heavy atom. The number of H-pyrrole nitrogens is 1. The molecule has 0 aliphatic rings. The lowest BCUT2D eigenvalue weighted by Gasteiger charge is -2.01. The van der Waals surface area contributed by atoms with E-state index < -0.39 is 0 Å². The van der Waals surface area contributed by atoms with Crippen LogP contribution in [0.1, 0.15) is 11.4 Å². The Hall–Kier alpha value is -2.23. The molecule has 2 aromatic carbocycles. The van der Waals surface area contributed by atoms with Gasteiger partial charge in [-0.25, -0.2) is 4.98 Å². The van der Waals surface area contributed by atoms with E-state index in [4.69, 9.17) is 27.9 Å². The highest BCUT2D eigenvalue weighted by molar-refractivity contribution is 6.36. The van der Waals surface area contributed by atoms with Crippen LogP contribution in [0.3, 0.4) is 0 Å². The van der Waals surface area contributed by atoms with Crippen molar-refractivity contribution < 1.29 is 4.74 Å². The van der Waals surface area contributed by atoms with E-state index in [1.54, 1.807) is 25.4 Å². The summed E-state index contributed by atoms with van der Waals surface area (Å²) in [5.41, 5.74) is 2.74. The first-order valence-electron chi connectivity index (χ1n) is 6.98. The van der Waals surface area contributed by atoms with E-state index in [1.165, 1.54) is 0 Å². The first-order valence-corrected chi connectivity index (χ1v) is 7.74. The summed E-state index contributed by atoms with van der Waals surface area (Å²) in [5.74, 6) is 1.56. The van der Waals surface area contributed by atoms with Gasteiger partial charge in [0.1, 0.15) is 11.6 Å². The quantitative estimate of drug-likeness (QED) is 0.672. The molecule has 0 bridgehead atoms. The number of aromatic nitrogens is 2. The van der Waals surface area contributed by atoms with Gasteiger partial charge in [-0.05, 0) is 42.0 Å². The molecule has 0 aliphatic heterocycles. The number of methoxy groups -OCH3 is 1. The van der Waals surface area contributed by atoms with Gasteiger partial charge >= 0.3 is 0 Å². The second-order valence-corrected chi connectivity index (χ2v) is 5.76. The van der Waals surface area contributed by atoms with Crippen molar-refractivity contribution in [3.05, 3.63) is 70.1 Å². The van der Waals surface area contributed by atoms with E-state index in [9.17, 15) is 0 Å². The van der Waals surface area contributed by atoms with Crippen molar-refractivity contribution in [1.29, 1.82) is 0 Å². The Morgan fingerprint density at radius 1 is 1.09 bits per heavy atom. The second kappa shape index (κ2) is 6.90. The van der Waals surface area contributed by atoms with Crippen LogP contribution < -0.4 is 4.74 Å². The molecule has 1 N–H and O–H groups in total. The summed E-state index contributed by atoms with van der Waals surface area (Å²) in [5, 5.41) is 1.20. The molecule has 3 nitrogen and oxygen atoms in total. The fourth-order valence-corrected chi connectivity index (χ4v) is 2.70. The van der Waals surface area contributed by atoms with Gasteiger partial charge in [0, 0.05) is 10.6 Å². The molecule has 23 heavy (non-hydrogen) atoms. The Bertz CT molecular complexity index is 856. The average Bonchev–Trinajstić information content (AvgIpc) is 3.02. The molecule has 0 amide bonds. The van der Waals surface area contributed by atoms with Crippen LogP contribution in [0.25, 0.3) is 23.4 Å². The standard InChI is InChI=1S/C18H14Cl2N2O/c1-23-14-4-2-3-12(9-14)5-8-18-21-11-17(22-18)15-7-6-13(19)10-16(15)20/h2-11H,1H3,(H,21,22). The topological polar surface area (TPSA) is 37.9 Å². The molecule has 0 saturated heterocycles. The third-order valence-corrected chi connectivity index (χ3v) is 3.89. The van der Waals surface area contributed by atoms with Crippen molar-refractivity contribution >= 4 is 35.4 Å². The molecule has 0 saturated carbocycles.